The summed E-state index contributed by atoms with van der Waals surface area (Å²) in [6, 6.07) is 25.8. The van der Waals surface area contributed by atoms with E-state index in [0.29, 0.717) is 45.7 Å². The van der Waals surface area contributed by atoms with Gasteiger partial charge in [-0.3, -0.25) is 14.6 Å². The second kappa shape index (κ2) is 25.2. The number of likely N-dealkylation sites (tertiary alicyclic amines) is 2. The fraction of sp³-hybridized carbons (Fsp3) is 0.557. The first-order chi connectivity index (χ1) is 34.8. The minimum Gasteiger partial charge on any atom is -0.388 e. The zero-order valence-electron chi connectivity index (χ0n) is 47.8. The summed E-state index contributed by atoms with van der Waals surface area (Å²) in [6.45, 7) is 39.2. The molecule has 0 bridgehead atoms. The van der Waals surface area contributed by atoms with Gasteiger partial charge in [-0.05, 0) is 157 Å². The molecule has 2 saturated heterocycles. The van der Waals surface area contributed by atoms with Gasteiger partial charge in [-0.15, -0.1) is 9.24 Å². The molecular weight excluding hydrogens is 936 g/mol. The van der Waals surface area contributed by atoms with Crippen LogP contribution >= 0.6 is 9.24 Å². The summed E-state index contributed by atoms with van der Waals surface area (Å²) in [5.74, 6) is 0.701. The van der Waals surface area contributed by atoms with Crippen LogP contribution in [0, 0.1) is 25.7 Å². The van der Waals surface area contributed by atoms with E-state index in [9.17, 15) is 9.90 Å². The summed E-state index contributed by atoms with van der Waals surface area (Å²) >= 11 is 0. The average Bonchev–Trinajstić information content (AvgIpc) is 3.97. The number of aryl methyl sites for hydroxylation is 2. The van der Waals surface area contributed by atoms with Crippen molar-refractivity contribution in [1.82, 2.24) is 28.2 Å². The molecule has 4 aromatic heterocycles. The first kappa shape index (κ1) is 56.0. The summed E-state index contributed by atoms with van der Waals surface area (Å²) in [5.41, 5.74) is 12.5. The van der Waals surface area contributed by atoms with Gasteiger partial charge in [-0.2, -0.15) is 0 Å². The highest BCUT2D eigenvalue weighted by atomic mass is 31.0. The molecule has 0 amide bonds. The van der Waals surface area contributed by atoms with Gasteiger partial charge in [-0.25, -0.2) is 9.97 Å². The molecule has 0 aliphatic carbocycles. The third-order valence-corrected chi connectivity index (χ3v) is 30.8. The Morgan fingerprint density at radius 2 is 0.986 bits per heavy atom. The van der Waals surface area contributed by atoms with Crippen LogP contribution in [0.1, 0.15) is 154 Å². The van der Waals surface area contributed by atoms with Gasteiger partial charge in [0.25, 0.3) is 0 Å². The zero-order chi connectivity index (χ0) is 53.4. The Morgan fingerprint density at radius 1 is 0.611 bits per heavy atom. The van der Waals surface area contributed by atoms with Crippen LogP contribution in [0.2, 0.25) is 33.2 Å². The van der Waals surface area contributed by atoms with E-state index in [0.717, 1.165) is 109 Å². The SMILES string of the molecule is Cc1cnc2c(ccn2[Si](C(C)C)(C(C)C)C(C)C)c1C(=O)C1CCN(Cc2ccccc2)CC1.Cc1cnc2c(ccn2[Si](C(C)C)(C(C)C)C(C)C)c1C(O)C1CCN(Cc2ccccc2)CC1.[2H]CP. The third kappa shape index (κ3) is 11.5. The van der Waals surface area contributed by atoms with Crippen molar-refractivity contribution >= 4 is 53.6 Å². The molecule has 0 spiro atoms. The third-order valence-electron chi connectivity index (χ3n) is 17.3. The van der Waals surface area contributed by atoms with Crippen LogP contribution in [0.5, 0.6) is 0 Å². The summed E-state index contributed by atoms with van der Waals surface area (Å²) in [5, 5.41) is 13.9. The highest BCUT2D eigenvalue weighted by molar-refractivity contribution is 7.15. The molecule has 2 fully saturated rings. The van der Waals surface area contributed by atoms with Crippen LogP contribution in [0.25, 0.3) is 22.1 Å². The number of ketones is 1. The molecule has 8 rings (SSSR count). The Kier molecular flexibility index (Phi) is 19.6. The lowest BCUT2D eigenvalue weighted by Crippen LogP contribution is -2.51. The second-order valence-corrected chi connectivity index (χ2v) is 34.6. The van der Waals surface area contributed by atoms with Crippen molar-refractivity contribution in [2.75, 3.05) is 32.8 Å². The molecule has 2 aliphatic heterocycles. The van der Waals surface area contributed by atoms with Gasteiger partial charge in [0, 0.05) is 49.1 Å². The van der Waals surface area contributed by atoms with Crippen LogP contribution in [0.4, 0.5) is 0 Å². The number of aliphatic hydroxyl groups excluding tert-OH is 1. The standard InChI is InChI=1S/C30H45N3OSi.C30H43N3OSi.CH5P/c2*1-21(2)35(22(3)4,23(5)6)33-18-15-27-28(24(7)19-31-30(27)33)29(34)26-13-16-32(17-14-26)20-25-11-9-8-10-12-25;1-2/h8-12,15,18-19,21-23,26,29,34H,13-14,16-17,20H2,1-7H3;8-12,15,18-19,21-23,26H,13-14,16-17,20H2,1-7H3;2H2,1H3/i;;1D. The summed E-state index contributed by atoms with van der Waals surface area (Å²) in [4.78, 5) is 28.8. The number of nitrogens with zero attached hydrogens (tertiary/aromatic N) is 6. The number of benzene rings is 2. The molecule has 2 aliphatic rings. The maximum Gasteiger partial charge on any atom is 0.171 e. The maximum absolute atomic E-state index is 13.9. The molecule has 11 heteroatoms. The largest absolute Gasteiger partial charge is 0.388 e. The molecule has 0 saturated carbocycles. The number of Topliss-reactive ketones (excluding diaryl/α,β-unsaturated/α-hetero) is 1. The van der Waals surface area contributed by atoms with E-state index in [4.69, 9.17) is 11.3 Å². The van der Waals surface area contributed by atoms with Gasteiger partial charge in [0.1, 0.15) is 11.3 Å². The number of aromatic nitrogens is 4. The van der Waals surface area contributed by atoms with Gasteiger partial charge in [0.05, 0.1) is 6.10 Å². The Hall–Kier alpha value is -3.77. The lowest BCUT2D eigenvalue weighted by Gasteiger charge is -2.44. The normalized spacial score (nSPS) is 16.5. The van der Waals surface area contributed by atoms with Crippen LogP contribution in [0.3, 0.4) is 0 Å². The fourth-order valence-corrected chi connectivity index (χ4v) is 27.4. The molecule has 2 aromatic carbocycles. The zero-order valence-corrected chi connectivity index (χ0v) is 50.0. The molecule has 8 nitrogen and oxygen atoms in total. The number of rotatable bonds is 16. The quantitative estimate of drug-likeness (QED) is 0.0591. The maximum atomic E-state index is 13.9. The summed E-state index contributed by atoms with van der Waals surface area (Å²) in [6.07, 6.45) is 12.0. The van der Waals surface area contributed by atoms with Crippen molar-refractivity contribution in [2.24, 2.45) is 11.8 Å². The molecule has 1 N–H and O–H groups in total. The van der Waals surface area contributed by atoms with E-state index in [2.05, 4.69) is 210 Å². The number of aliphatic hydroxyl groups is 1. The van der Waals surface area contributed by atoms with Crippen molar-refractivity contribution < 1.29 is 11.3 Å². The summed E-state index contributed by atoms with van der Waals surface area (Å²) in [7, 11) is -1.61. The smallest absolute Gasteiger partial charge is 0.171 e. The van der Waals surface area contributed by atoms with Gasteiger partial charge in [-0.1, -0.05) is 150 Å². The second-order valence-electron chi connectivity index (χ2n) is 23.2. The molecule has 392 valence electrons. The Morgan fingerprint density at radius 3 is 1.40 bits per heavy atom. The van der Waals surface area contributed by atoms with Crippen molar-refractivity contribution in [2.45, 2.75) is 175 Å². The molecule has 2 atom stereocenters. The van der Waals surface area contributed by atoms with Crippen LogP contribution in [-0.4, -0.2) is 88.4 Å². The van der Waals surface area contributed by atoms with E-state index < -0.39 is 22.6 Å². The molecule has 6 aromatic rings. The van der Waals surface area contributed by atoms with Gasteiger partial charge >= 0.3 is 0 Å². The average molecular weight is 1030 g/mol. The van der Waals surface area contributed by atoms with Crippen molar-refractivity contribution in [1.29, 1.82) is 0 Å². The highest BCUT2D eigenvalue weighted by Crippen LogP contribution is 2.47. The van der Waals surface area contributed by atoms with Crippen LogP contribution in [0.15, 0.2) is 97.6 Å². The number of hydrogen-bond donors (Lipinski definition) is 1. The minimum atomic E-state index is -1.94. The Labute approximate surface area is 441 Å². The number of fused-ring (bicyclic) bond motifs is 2. The van der Waals surface area contributed by atoms with Crippen LogP contribution in [-0.2, 0) is 13.1 Å². The van der Waals surface area contributed by atoms with Gasteiger partial charge < -0.3 is 13.6 Å². The minimum absolute atomic E-state index is 0.0944. The number of piperidine rings is 2. The lowest BCUT2D eigenvalue weighted by atomic mass is 9.85. The van der Waals surface area contributed by atoms with Crippen molar-refractivity contribution in [3.63, 3.8) is 0 Å². The molecule has 0 radical (unpaired) electrons. The van der Waals surface area contributed by atoms with Crippen molar-refractivity contribution in [3.05, 3.63) is 131 Å². The summed E-state index contributed by atoms with van der Waals surface area (Å²) < 4.78 is 11.3. The molecule has 2 unspecified atom stereocenters. The highest BCUT2D eigenvalue weighted by Gasteiger charge is 2.48. The first-order valence-corrected chi connectivity index (χ1v) is 32.6. The number of carbonyl (C=O) groups is 1. The Balaban J connectivity index is 0.000000226. The van der Waals surface area contributed by atoms with Gasteiger partial charge in [0.2, 0.25) is 0 Å². The van der Waals surface area contributed by atoms with Crippen LogP contribution < -0.4 is 0 Å². The lowest BCUT2D eigenvalue weighted by molar-refractivity contribution is 0.0573. The molecular formula is C61H93N6O2PSi2. The Bertz CT molecular complexity index is 2630. The molecule has 72 heavy (non-hydrogen) atoms. The molecule has 6 heterocycles. The first-order valence-electron chi connectivity index (χ1n) is 28.2. The van der Waals surface area contributed by atoms with E-state index in [1.54, 1.807) is 0 Å². The van der Waals surface area contributed by atoms with E-state index in [1.165, 1.54) is 11.1 Å². The predicted molar refractivity (Wildman–Crippen MR) is 316 cm³/mol. The van der Waals surface area contributed by atoms with E-state index >= 15 is 0 Å². The topological polar surface area (TPSA) is 79.4 Å². The van der Waals surface area contributed by atoms with Crippen molar-refractivity contribution in [3.8, 4) is 0 Å². The predicted octanol–water partition coefficient (Wildman–Crippen LogP) is 15.3. The number of pyridine rings is 2. The van der Waals surface area contributed by atoms with Gasteiger partial charge in [0.15, 0.2) is 22.3 Å². The number of carbonyl (C=O) groups excluding carboxylic acids is 1. The fourth-order valence-electron chi connectivity index (χ4n) is 14.3. The number of hydrogen-bond acceptors (Lipinski definition) is 6. The van der Waals surface area contributed by atoms with E-state index in [1.807, 2.05) is 12.4 Å². The van der Waals surface area contributed by atoms with E-state index in [-0.39, 0.29) is 11.8 Å². The monoisotopic (exact) mass is 1030 g/mol.